The summed E-state index contributed by atoms with van der Waals surface area (Å²) in [5.74, 6) is 0.168. The largest absolute Gasteiger partial charge is 0.496 e. The van der Waals surface area contributed by atoms with Gasteiger partial charge in [-0.1, -0.05) is 17.7 Å². The molecule has 0 bridgehead atoms. The maximum absolute atomic E-state index is 12.0. The van der Waals surface area contributed by atoms with Crippen LogP contribution in [0.4, 0.5) is 5.69 Å². The molecule has 24 heavy (non-hydrogen) atoms. The molecule has 2 rings (SSSR count). The Bertz CT molecular complexity index is 826. The molecule has 1 N–H and O–H groups in total. The molecule has 0 saturated carbocycles. The SMILES string of the molecule is COc1ccc(C(=O)NN=Cc2ccc(Cl)c([N+](=O)[O-])c2)cc1Br. The number of nitro benzene ring substituents is 1. The number of hydrogen-bond donors (Lipinski definition) is 1. The zero-order valence-electron chi connectivity index (χ0n) is 12.3. The number of amides is 1. The van der Waals surface area contributed by atoms with Crippen LogP contribution in [0.5, 0.6) is 5.75 Å². The molecular formula is C15H11BrClN3O4. The van der Waals surface area contributed by atoms with E-state index in [9.17, 15) is 14.9 Å². The van der Waals surface area contributed by atoms with E-state index in [2.05, 4.69) is 26.5 Å². The van der Waals surface area contributed by atoms with Crippen molar-refractivity contribution in [2.75, 3.05) is 7.11 Å². The fourth-order valence-corrected chi connectivity index (χ4v) is 2.51. The van der Waals surface area contributed by atoms with Gasteiger partial charge < -0.3 is 4.74 Å². The maximum Gasteiger partial charge on any atom is 0.288 e. The molecule has 0 aliphatic heterocycles. The third-order valence-corrected chi connectivity index (χ3v) is 3.90. The van der Waals surface area contributed by atoms with E-state index in [1.165, 1.54) is 25.5 Å². The van der Waals surface area contributed by atoms with Gasteiger partial charge in [-0.05, 0) is 40.2 Å². The van der Waals surface area contributed by atoms with Gasteiger partial charge in [-0.3, -0.25) is 14.9 Å². The molecule has 0 spiro atoms. The minimum atomic E-state index is -0.590. The molecule has 0 heterocycles. The number of nitro groups is 1. The van der Waals surface area contributed by atoms with E-state index in [1.807, 2.05) is 0 Å². The molecule has 2 aromatic carbocycles. The van der Waals surface area contributed by atoms with Crippen LogP contribution >= 0.6 is 27.5 Å². The summed E-state index contributed by atoms with van der Waals surface area (Å²) in [6, 6.07) is 9.03. The lowest BCUT2D eigenvalue weighted by Crippen LogP contribution is -2.17. The van der Waals surface area contributed by atoms with E-state index in [4.69, 9.17) is 16.3 Å². The van der Waals surface area contributed by atoms with E-state index in [0.717, 1.165) is 0 Å². The van der Waals surface area contributed by atoms with Crippen LogP contribution < -0.4 is 10.2 Å². The van der Waals surface area contributed by atoms with Gasteiger partial charge in [0.05, 0.1) is 22.7 Å². The van der Waals surface area contributed by atoms with Gasteiger partial charge in [0.1, 0.15) is 10.8 Å². The molecular weight excluding hydrogens is 402 g/mol. The summed E-state index contributed by atoms with van der Waals surface area (Å²) in [4.78, 5) is 22.2. The molecule has 9 heteroatoms. The van der Waals surface area contributed by atoms with Crippen LogP contribution in [0.2, 0.25) is 5.02 Å². The number of nitrogens with zero attached hydrogens (tertiary/aromatic N) is 2. The van der Waals surface area contributed by atoms with Crippen LogP contribution in [0.25, 0.3) is 0 Å². The summed E-state index contributed by atoms with van der Waals surface area (Å²) in [5.41, 5.74) is 2.92. The van der Waals surface area contributed by atoms with Crippen molar-refractivity contribution < 1.29 is 14.5 Å². The smallest absolute Gasteiger partial charge is 0.288 e. The summed E-state index contributed by atoms with van der Waals surface area (Å²) in [7, 11) is 1.52. The second-order valence-electron chi connectivity index (χ2n) is 4.52. The maximum atomic E-state index is 12.0. The van der Waals surface area contributed by atoms with Crippen LogP contribution in [-0.2, 0) is 0 Å². The number of hydrazone groups is 1. The van der Waals surface area contributed by atoms with Gasteiger partial charge in [-0.25, -0.2) is 5.43 Å². The minimum Gasteiger partial charge on any atom is -0.496 e. The van der Waals surface area contributed by atoms with E-state index in [-0.39, 0.29) is 10.7 Å². The molecule has 0 atom stereocenters. The first-order chi connectivity index (χ1) is 11.4. The van der Waals surface area contributed by atoms with Gasteiger partial charge >= 0.3 is 0 Å². The normalized spacial score (nSPS) is 10.6. The third-order valence-electron chi connectivity index (χ3n) is 2.96. The van der Waals surface area contributed by atoms with E-state index < -0.39 is 10.8 Å². The van der Waals surface area contributed by atoms with E-state index in [0.29, 0.717) is 21.3 Å². The van der Waals surface area contributed by atoms with Crippen molar-refractivity contribution in [3.8, 4) is 5.75 Å². The first-order valence-corrected chi connectivity index (χ1v) is 7.70. The molecule has 7 nitrogen and oxygen atoms in total. The molecule has 1 amide bonds. The Morgan fingerprint density at radius 2 is 2.12 bits per heavy atom. The van der Waals surface area contributed by atoms with Gasteiger partial charge in [-0.2, -0.15) is 5.10 Å². The van der Waals surface area contributed by atoms with Crippen LogP contribution in [0.1, 0.15) is 15.9 Å². The lowest BCUT2D eigenvalue weighted by atomic mass is 10.2. The van der Waals surface area contributed by atoms with Crippen molar-refractivity contribution in [1.29, 1.82) is 0 Å². The summed E-state index contributed by atoms with van der Waals surface area (Å²) in [5, 5.41) is 14.6. The highest BCUT2D eigenvalue weighted by molar-refractivity contribution is 9.10. The highest BCUT2D eigenvalue weighted by atomic mass is 79.9. The number of hydrogen-bond acceptors (Lipinski definition) is 5. The topological polar surface area (TPSA) is 93.8 Å². The Labute approximate surface area is 150 Å². The first-order valence-electron chi connectivity index (χ1n) is 6.53. The van der Waals surface area contributed by atoms with E-state index in [1.54, 1.807) is 24.3 Å². The quantitative estimate of drug-likeness (QED) is 0.459. The fourth-order valence-electron chi connectivity index (χ4n) is 1.79. The molecule has 0 aliphatic carbocycles. The van der Waals surface area contributed by atoms with Crippen molar-refractivity contribution in [3.63, 3.8) is 0 Å². The Morgan fingerprint density at radius 1 is 1.38 bits per heavy atom. The number of ether oxygens (including phenoxy) is 1. The molecule has 0 fully saturated rings. The number of nitrogens with one attached hydrogen (secondary N) is 1. The minimum absolute atomic E-state index is 0.0317. The van der Waals surface area contributed by atoms with Gasteiger partial charge in [0, 0.05) is 17.2 Å². The molecule has 0 saturated heterocycles. The van der Waals surface area contributed by atoms with Crippen LogP contribution in [0, 0.1) is 10.1 Å². The predicted octanol–water partition coefficient (Wildman–Crippen LogP) is 3.78. The zero-order chi connectivity index (χ0) is 17.7. The van der Waals surface area contributed by atoms with Crippen molar-refractivity contribution >= 4 is 45.3 Å². The van der Waals surface area contributed by atoms with Gasteiger partial charge in [0.2, 0.25) is 0 Å². The number of carbonyl (C=O) groups excluding carboxylic acids is 1. The standard InChI is InChI=1S/C15H11BrClN3O4/c1-24-14-5-3-10(7-11(14)16)15(21)19-18-8-9-2-4-12(17)13(6-9)20(22)23/h2-8H,1H3,(H,19,21). The summed E-state index contributed by atoms with van der Waals surface area (Å²) in [6.07, 6.45) is 1.29. The Morgan fingerprint density at radius 3 is 2.75 bits per heavy atom. The number of halogens is 2. The van der Waals surface area contributed by atoms with Gasteiger partial charge in [-0.15, -0.1) is 0 Å². The molecule has 0 radical (unpaired) electrons. The van der Waals surface area contributed by atoms with Crippen molar-refractivity contribution in [3.05, 3.63) is 67.1 Å². The number of rotatable bonds is 5. The summed E-state index contributed by atoms with van der Waals surface area (Å²) >= 11 is 9.01. The lowest BCUT2D eigenvalue weighted by Gasteiger charge is -2.05. The zero-order valence-corrected chi connectivity index (χ0v) is 14.7. The van der Waals surface area contributed by atoms with Gasteiger partial charge in [0.25, 0.3) is 11.6 Å². The number of methoxy groups -OCH3 is 1. The Balaban J connectivity index is 2.08. The van der Waals surface area contributed by atoms with Gasteiger partial charge in [0.15, 0.2) is 0 Å². The molecule has 0 aromatic heterocycles. The highest BCUT2D eigenvalue weighted by Crippen LogP contribution is 2.26. The van der Waals surface area contributed by atoms with Crippen LogP contribution in [0.15, 0.2) is 46.0 Å². The Kier molecular flexibility index (Phi) is 5.88. The average Bonchev–Trinajstić information content (AvgIpc) is 2.55. The third kappa shape index (κ3) is 4.30. The lowest BCUT2D eigenvalue weighted by molar-refractivity contribution is -0.384. The first kappa shape index (κ1) is 17.9. The average molecular weight is 413 g/mol. The second kappa shape index (κ2) is 7.89. The monoisotopic (exact) mass is 411 g/mol. The number of carbonyl (C=O) groups is 1. The summed E-state index contributed by atoms with van der Waals surface area (Å²) in [6.45, 7) is 0. The fraction of sp³-hybridized carbons (Fsp3) is 0.0667. The molecule has 124 valence electrons. The molecule has 2 aromatic rings. The van der Waals surface area contributed by atoms with Crippen molar-refractivity contribution in [1.82, 2.24) is 5.43 Å². The van der Waals surface area contributed by atoms with Crippen LogP contribution in [0.3, 0.4) is 0 Å². The van der Waals surface area contributed by atoms with E-state index >= 15 is 0 Å². The molecule has 0 aliphatic rings. The number of benzene rings is 2. The van der Waals surface area contributed by atoms with Crippen molar-refractivity contribution in [2.45, 2.75) is 0 Å². The Hall–Kier alpha value is -2.45. The summed E-state index contributed by atoms with van der Waals surface area (Å²) < 4.78 is 5.72. The predicted molar refractivity (Wildman–Crippen MR) is 93.9 cm³/mol. The molecule has 0 unspecified atom stereocenters. The highest BCUT2D eigenvalue weighted by Gasteiger charge is 2.12. The van der Waals surface area contributed by atoms with Crippen LogP contribution in [-0.4, -0.2) is 24.2 Å². The second-order valence-corrected chi connectivity index (χ2v) is 5.78. The van der Waals surface area contributed by atoms with Crippen molar-refractivity contribution in [2.24, 2.45) is 5.10 Å².